The Morgan fingerprint density at radius 2 is 2.15 bits per heavy atom. The molecule has 102 valence electrons. The van der Waals surface area contributed by atoms with Gasteiger partial charge in [0, 0.05) is 17.2 Å². The third-order valence-electron chi connectivity index (χ3n) is 3.09. The van der Waals surface area contributed by atoms with Crippen molar-refractivity contribution < 1.29 is 4.79 Å². The number of nitriles is 1. The van der Waals surface area contributed by atoms with Crippen molar-refractivity contribution in [3.8, 4) is 6.07 Å². The van der Waals surface area contributed by atoms with Gasteiger partial charge in [0.15, 0.2) is 0 Å². The Bertz CT molecular complexity index is 728. The van der Waals surface area contributed by atoms with Crippen molar-refractivity contribution in [2.24, 2.45) is 7.05 Å². The van der Waals surface area contributed by atoms with Crippen LogP contribution >= 0.6 is 15.9 Å². The minimum Gasteiger partial charge on any atom is -0.321 e. The van der Waals surface area contributed by atoms with Crippen molar-refractivity contribution in [1.29, 1.82) is 5.26 Å². The fraction of sp³-hybridized carbons (Fsp3) is 0.214. The van der Waals surface area contributed by atoms with Gasteiger partial charge < -0.3 is 5.32 Å². The highest BCUT2D eigenvalue weighted by Gasteiger charge is 2.18. The molecule has 20 heavy (non-hydrogen) atoms. The quantitative estimate of drug-likeness (QED) is 0.919. The molecule has 0 aliphatic carbocycles. The Hall–Kier alpha value is -2.13. The van der Waals surface area contributed by atoms with Crippen LogP contribution in [0.2, 0.25) is 0 Å². The van der Waals surface area contributed by atoms with Gasteiger partial charge in [0.25, 0.3) is 5.91 Å². The normalized spacial score (nSPS) is 10.2. The van der Waals surface area contributed by atoms with E-state index in [0.29, 0.717) is 22.5 Å². The van der Waals surface area contributed by atoms with Crippen LogP contribution in [-0.4, -0.2) is 15.7 Å². The molecule has 6 heteroatoms. The summed E-state index contributed by atoms with van der Waals surface area (Å²) in [6.07, 6.45) is 0. The Kier molecular flexibility index (Phi) is 3.91. The molecule has 0 atom stereocenters. The van der Waals surface area contributed by atoms with Gasteiger partial charge in [-0.1, -0.05) is 15.9 Å². The number of carbonyl (C=O) groups excluding carboxylic acids is 1. The average molecular weight is 333 g/mol. The highest BCUT2D eigenvalue weighted by atomic mass is 79.9. The maximum atomic E-state index is 12.3. The number of nitrogens with zero attached hydrogens (tertiary/aromatic N) is 3. The smallest absolute Gasteiger partial charge is 0.259 e. The van der Waals surface area contributed by atoms with Crippen LogP contribution in [-0.2, 0) is 7.05 Å². The van der Waals surface area contributed by atoms with Crippen LogP contribution < -0.4 is 5.32 Å². The van der Waals surface area contributed by atoms with Crippen LogP contribution in [0.25, 0.3) is 0 Å². The van der Waals surface area contributed by atoms with Gasteiger partial charge in [-0.25, -0.2) is 0 Å². The number of aromatic nitrogens is 2. The van der Waals surface area contributed by atoms with Gasteiger partial charge in [-0.15, -0.1) is 0 Å². The average Bonchev–Trinajstić information content (AvgIpc) is 2.65. The SMILES string of the molecule is Cc1nn(C)c(C)c1C(=O)Nc1ccc(Br)cc1C#N. The molecule has 1 N–H and O–H groups in total. The van der Waals surface area contributed by atoms with E-state index in [2.05, 4.69) is 32.4 Å². The van der Waals surface area contributed by atoms with Gasteiger partial charge in [0.1, 0.15) is 6.07 Å². The van der Waals surface area contributed by atoms with E-state index in [1.165, 1.54) is 0 Å². The van der Waals surface area contributed by atoms with E-state index in [9.17, 15) is 4.79 Å². The molecule has 5 nitrogen and oxygen atoms in total. The Morgan fingerprint density at radius 1 is 1.45 bits per heavy atom. The first-order valence-electron chi connectivity index (χ1n) is 5.95. The Balaban J connectivity index is 2.36. The van der Waals surface area contributed by atoms with Gasteiger partial charge in [0.05, 0.1) is 22.5 Å². The number of anilines is 1. The molecule has 0 unspecified atom stereocenters. The predicted octanol–water partition coefficient (Wildman–Crippen LogP) is 2.92. The Morgan fingerprint density at radius 3 is 2.70 bits per heavy atom. The number of amides is 1. The van der Waals surface area contributed by atoms with E-state index in [1.54, 1.807) is 36.9 Å². The summed E-state index contributed by atoms with van der Waals surface area (Å²) in [5, 5.41) is 16.1. The first-order chi connectivity index (χ1) is 9.43. The first-order valence-corrected chi connectivity index (χ1v) is 6.74. The number of hydrogen-bond acceptors (Lipinski definition) is 3. The number of halogens is 1. The number of carbonyl (C=O) groups is 1. The molecule has 0 radical (unpaired) electrons. The van der Waals surface area contributed by atoms with Crippen molar-refractivity contribution in [2.45, 2.75) is 13.8 Å². The molecule has 1 amide bonds. The maximum Gasteiger partial charge on any atom is 0.259 e. The molecule has 0 saturated carbocycles. The van der Waals surface area contributed by atoms with Gasteiger partial charge in [-0.3, -0.25) is 9.48 Å². The highest BCUT2D eigenvalue weighted by Crippen LogP contribution is 2.22. The molecule has 1 heterocycles. The molecule has 0 fully saturated rings. The van der Waals surface area contributed by atoms with Crippen molar-refractivity contribution in [2.75, 3.05) is 5.32 Å². The summed E-state index contributed by atoms with van der Waals surface area (Å²) < 4.78 is 2.46. The third-order valence-corrected chi connectivity index (χ3v) is 3.58. The summed E-state index contributed by atoms with van der Waals surface area (Å²) in [5.74, 6) is -0.257. The van der Waals surface area contributed by atoms with E-state index in [0.717, 1.165) is 10.2 Å². The zero-order valence-corrected chi connectivity index (χ0v) is 12.9. The van der Waals surface area contributed by atoms with E-state index in [-0.39, 0.29) is 5.91 Å². The number of hydrogen-bond donors (Lipinski definition) is 1. The fourth-order valence-electron chi connectivity index (χ4n) is 2.01. The third kappa shape index (κ3) is 2.58. The second-order valence-corrected chi connectivity index (χ2v) is 5.34. The maximum absolute atomic E-state index is 12.3. The summed E-state index contributed by atoms with van der Waals surface area (Å²) in [5.41, 5.74) is 2.89. The number of nitrogens with one attached hydrogen (secondary N) is 1. The van der Waals surface area contributed by atoms with E-state index < -0.39 is 0 Å². The molecule has 0 aliphatic heterocycles. The summed E-state index contributed by atoms with van der Waals surface area (Å²) in [6.45, 7) is 3.62. The molecule has 0 bridgehead atoms. The van der Waals surface area contributed by atoms with Crippen molar-refractivity contribution in [3.63, 3.8) is 0 Å². The summed E-state index contributed by atoms with van der Waals surface area (Å²) >= 11 is 3.30. The van der Waals surface area contributed by atoms with Crippen molar-refractivity contribution >= 4 is 27.5 Å². The lowest BCUT2D eigenvalue weighted by Crippen LogP contribution is -2.15. The number of rotatable bonds is 2. The number of benzene rings is 1. The van der Waals surface area contributed by atoms with E-state index in [1.807, 2.05) is 6.92 Å². The molecule has 1 aromatic heterocycles. The molecule has 2 aromatic rings. The monoisotopic (exact) mass is 332 g/mol. The van der Waals surface area contributed by atoms with Gasteiger partial charge >= 0.3 is 0 Å². The highest BCUT2D eigenvalue weighted by molar-refractivity contribution is 9.10. The van der Waals surface area contributed by atoms with Crippen molar-refractivity contribution in [3.05, 3.63) is 45.2 Å². The van der Waals surface area contributed by atoms with Crippen LogP contribution in [0.15, 0.2) is 22.7 Å². The van der Waals surface area contributed by atoms with Gasteiger partial charge in [0.2, 0.25) is 0 Å². The van der Waals surface area contributed by atoms with Crippen LogP contribution in [0.4, 0.5) is 5.69 Å². The lowest BCUT2D eigenvalue weighted by atomic mass is 10.1. The molecular formula is C14H13BrN4O. The van der Waals surface area contributed by atoms with Crippen LogP contribution in [0.3, 0.4) is 0 Å². The fourth-order valence-corrected chi connectivity index (χ4v) is 2.37. The van der Waals surface area contributed by atoms with Crippen molar-refractivity contribution in [1.82, 2.24) is 9.78 Å². The minimum atomic E-state index is -0.257. The largest absolute Gasteiger partial charge is 0.321 e. The standard InChI is InChI=1S/C14H13BrN4O/c1-8-13(9(2)19(3)18-8)14(20)17-12-5-4-11(15)6-10(12)7-16/h4-6H,1-3H3,(H,17,20). The zero-order chi connectivity index (χ0) is 14.9. The lowest BCUT2D eigenvalue weighted by molar-refractivity contribution is 0.102. The first kappa shape index (κ1) is 14.3. The summed E-state index contributed by atoms with van der Waals surface area (Å²) in [6, 6.07) is 7.20. The van der Waals surface area contributed by atoms with Crippen LogP contribution in [0.5, 0.6) is 0 Å². The second-order valence-electron chi connectivity index (χ2n) is 4.43. The molecule has 0 spiro atoms. The van der Waals surface area contributed by atoms with E-state index >= 15 is 0 Å². The summed E-state index contributed by atoms with van der Waals surface area (Å²) in [7, 11) is 1.79. The minimum absolute atomic E-state index is 0.257. The predicted molar refractivity (Wildman–Crippen MR) is 79.5 cm³/mol. The summed E-state index contributed by atoms with van der Waals surface area (Å²) in [4.78, 5) is 12.3. The zero-order valence-electron chi connectivity index (χ0n) is 11.4. The molecule has 1 aromatic carbocycles. The lowest BCUT2D eigenvalue weighted by Gasteiger charge is -2.07. The van der Waals surface area contributed by atoms with Crippen LogP contribution in [0.1, 0.15) is 27.3 Å². The Labute approximate surface area is 125 Å². The van der Waals surface area contributed by atoms with Crippen LogP contribution in [0, 0.1) is 25.2 Å². The van der Waals surface area contributed by atoms with Gasteiger partial charge in [-0.05, 0) is 32.0 Å². The topological polar surface area (TPSA) is 70.7 Å². The van der Waals surface area contributed by atoms with Gasteiger partial charge in [-0.2, -0.15) is 10.4 Å². The molecule has 2 rings (SSSR count). The molecule has 0 saturated heterocycles. The van der Waals surface area contributed by atoms with E-state index in [4.69, 9.17) is 5.26 Å². The number of aryl methyl sites for hydroxylation is 2. The molecule has 0 aliphatic rings. The molecular weight excluding hydrogens is 320 g/mol. The second kappa shape index (κ2) is 5.47.